The van der Waals surface area contributed by atoms with Crippen LogP contribution in [0.4, 0.5) is 0 Å². The van der Waals surface area contributed by atoms with Crippen LogP contribution in [0, 0.1) is 11.8 Å². The molecular weight excluding hydrogens is 380 g/mol. The molecule has 0 spiro atoms. The third-order valence-electron chi connectivity index (χ3n) is 6.40. The molecule has 0 radical (unpaired) electrons. The maximum Gasteiger partial charge on any atom is 0.305 e. The van der Waals surface area contributed by atoms with Gasteiger partial charge in [0.05, 0.1) is 24.4 Å². The first kappa shape index (κ1) is 27.1. The maximum atomic E-state index is 11.5. The summed E-state index contributed by atoms with van der Waals surface area (Å²) in [7, 11) is 0. The second-order valence-corrected chi connectivity index (χ2v) is 9.25. The van der Waals surface area contributed by atoms with Gasteiger partial charge in [-0.2, -0.15) is 0 Å². The average molecular weight is 427 g/mol. The van der Waals surface area contributed by atoms with E-state index < -0.39 is 17.8 Å². The van der Waals surface area contributed by atoms with Crippen LogP contribution < -0.4 is 0 Å². The Morgan fingerprint density at radius 1 is 1.00 bits per heavy atom. The molecule has 30 heavy (non-hydrogen) atoms. The van der Waals surface area contributed by atoms with E-state index in [4.69, 9.17) is 4.74 Å². The standard InChI is InChI=1S/C25H46O5/c1-4-6-7-8-11-14-17-25(3,29)24-20(21(26)19-22(24)27)15-12-9-10-13-16-23(28)30-18-5-2/h9,12,20-22,24,26-27,29H,4-8,10-11,13-19H2,1-3H3/t20-,21?,22-,24-,25?/m0/s1. The highest BCUT2D eigenvalue weighted by atomic mass is 16.5. The van der Waals surface area contributed by atoms with Gasteiger partial charge >= 0.3 is 5.97 Å². The van der Waals surface area contributed by atoms with E-state index in [9.17, 15) is 20.1 Å². The Bertz CT molecular complexity index is 488. The van der Waals surface area contributed by atoms with Gasteiger partial charge in [-0.15, -0.1) is 0 Å². The van der Waals surface area contributed by atoms with Crippen molar-refractivity contribution in [2.75, 3.05) is 6.61 Å². The third-order valence-corrected chi connectivity index (χ3v) is 6.40. The molecule has 0 aromatic carbocycles. The van der Waals surface area contributed by atoms with Crippen LogP contribution in [0.5, 0.6) is 0 Å². The summed E-state index contributed by atoms with van der Waals surface area (Å²) in [5, 5.41) is 32.1. The molecule has 5 atom stereocenters. The molecule has 5 heteroatoms. The third kappa shape index (κ3) is 9.93. The van der Waals surface area contributed by atoms with Crippen molar-refractivity contribution < 1.29 is 24.9 Å². The van der Waals surface area contributed by atoms with Crippen molar-refractivity contribution >= 4 is 5.97 Å². The minimum Gasteiger partial charge on any atom is -0.466 e. The molecule has 1 aliphatic rings. The van der Waals surface area contributed by atoms with E-state index in [-0.39, 0.29) is 17.8 Å². The summed E-state index contributed by atoms with van der Waals surface area (Å²) in [4.78, 5) is 11.5. The smallest absolute Gasteiger partial charge is 0.305 e. The van der Waals surface area contributed by atoms with Crippen molar-refractivity contribution in [3.8, 4) is 0 Å². The van der Waals surface area contributed by atoms with E-state index in [2.05, 4.69) is 6.92 Å². The van der Waals surface area contributed by atoms with Crippen LogP contribution in [0.1, 0.15) is 104 Å². The van der Waals surface area contributed by atoms with Crippen molar-refractivity contribution in [2.45, 2.75) is 122 Å². The van der Waals surface area contributed by atoms with Crippen LogP contribution in [0.15, 0.2) is 12.2 Å². The zero-order valence-electron chi connectivity index (χ0n) is 19.5. The Kier molecular flexibility index (Phi) is 13.5. The van der Waals surface area contributed by atoms with Crippen LogP contribution >= 0.6 is 0 Å². The van der Waals surface area contributed by atoms with Crippen molar-refractivity contribution in [3.05, 3.63) is 12.2 Å². The molecule has 0 bridgehead atoms. The monoisotopic (exact) mass is 426 g/mol. The highest BCUT2D eigenvalue weighted by Crippen LogP contribution is 2.43. The quantitative estimate of drug-likeness (QED) is 0.185. The molecule has 1 aliphatic carbocycles. The fraction of sp³-hybridized carbons (Fsp3) is 0.880. The zero-order chi connectivity index (χ0) is 22.4. The minimum atomic E-state index is -0.969. The molecule has 176 valence electrons. The summed E-state index contributed by atoms with van der Waals surface area (Å²) >= 11 is 0. The lowest BCUT2D eigenvalue weighted by Crippen LogP contribution is -2.43. The van der Waals surface area contributed by atoms with E-state index in [0.717, 1.165) is 32.1 Å². The number of unbranched alkanes of at least 4 members (excludes halogenated alkanes) is 6. The zero-order valence-corrected chi connectivity index (χ0v) is 19.5. The first-order chi connectivity index (χ1) is 14.3. The number of ether oxygens (including phenoxy) is 1. The van der Waals surface area contributed by atoms with Gasteiger partial charge in [-0.1, -0.05) is 64.5 Å². The topological polar surface area (TPSA) is 87.0 Å². The number of carbonyl (C=O) groups is 1. The lowest BCUT2D eigenvalue weighted by molar-refractivity contribution is -0.143. The highest BCUT2D eigenvalue weighted by molar-refractivity contribution is 5.69. The molecule has 0 aliphatic heterocycles. The van der Waals surface area contributed by atoms with Crippen LogP contribution in [-0.4, -0.2) is 45.7 Å². The van der Waals surface area contributed by atoms with Crippen LogP contribution in [0.3, 0.4) is 0 Å². The average Bonchev–Trinajstić information content (AvgIpc) is 2.99. The predicted octanol–water partition coefficient (Wildman–Crippen LogP) is 4.92. The fourth-order valence-electron chi connectivity index (χ4n) is 4.73. The van der Waals surface area contributed by atoms with Crippen molar-refractivity contribution in [1.29, 1.82) is 0 Å². The number of allylic oxidation sites excluding steroid dienone is 2. The van der Waals surface area contributed by atoms with Gasteiger partial charge in [0.15, 0.2) is 0 Å². The van der Waals surface area contributed by atoms with Gasteiger partial charge in [-0.25, -0.2) is 0 Å². The Balaban J connectivity index is 2.44. The first-order valence-corrected chi connectivity index (χ1v) is 12.2. The molecule has 0 aromatic heterocycles. The van der Waals surface area contributed by atoms with Gasteiger partial charge in [0.1, 0.15) is 0 Å². The Hall–Kier alpha value is -0.910. The second kappa shape index (κ2) is 15.0. The fourth-order valence-corrected chi connectivity index (χ4v) is 4.73. The van der Waals surface area contributed by atoms with Crippen molar-refractivity contribution in [2.24, 2.45) is 11.8 Å². The molecule has 1 rings (SSSR count). The Morgan fingerprint density at radius 2 is 1.70 bits per heavy atom. The molecule has 5 nitrogen and oxygen atoms in total. The summed E-state index contributed by atoms with van der Waals surface area (Å²) < 4.78 is 5.06. The number of aliphatic hydroxyl groups is 3. The summed E-state index contributed by atoms with van der Waals surface area (Å²) in [6, 6.07) is 0. The van der Waals surface area contributed by atoms with Gasteiger partial charge in [0.2, 0.25) is 0 Å². The molecule has 0 amide bonds. The number of hydrogen-bond donors (Lipinski definition) is 3. The van der Waals surface area contributed by atoms with E-state index >= 15 is 0 Å². The number of rotatable bonds is 16. The van der Waals surface area contributed by atoms with Crippen LogP contribution in [0.25, 0.3) is 0 Å². The van der Waals surface area contributed by atoms with E-state index in [1.165, 1.54) is 25.7 Å². The molecule has 1 fully saturated rings. The first-order valence-electron chi connectivity index (χ1n) is 12.2. The second-order valence-electron chi connectivity index (χ2n) is 9.25. The number of carbonyl (C=O) groups excluding carboxylic acids is 1. The Morgan fingerprint density at radius 3 is 2.40 bits per heavy atom. The summed E-state index contributed by atoms with van der Waals surface area (Å²) in [5.41, 5.74) is -0.969. The van der Waals surface area contributed by atoms with E-state index in [0.29, 0.717) is 32.3 Å². The van der Waals surface area contributed by atoms with Crippen LogP contribution in [0.2, 0.25) is 0 Å². The van der Waals surface area contributed by atoms with E-state index in [1.807, 2.05) is 26.0 Å². The van der Waals surface area contributed by atoms with Crippen molar-refractivity contribution in [1.82, 2.24) is 0 Å². The van der Waals surface area contributed by atoms with E-state index in [1.54, 1.807) is 0 Å². The largest absolute Gasteiger partial charge is 0.466 e. The van der Waals surface area contributed by atoms with Gasteiger partial charge in [0, 0.05) is 12.3 Å². The lowest BCUT2D eigenvalue weighted by Gasteiger charge is -2.36. The number of hydrogen-bond acceptors (Lipinski definition) is 5. The molecule has 0 aromatic rings. The molecule has 1 saturated carbocycles. The van der Waals surface area contributed by atoms with Gasteiger partial charge in [-0.05, 0) is 51.4 Å². The van der Waals surface area contributed by atoms with Gasteiger partial charge < -0.3 is 20.1 Å². The Labute approximate surface area is 183 Å². The molecule has 2 unspecified atom stereocenters. The maximum absolute atomic E-state index is 11.5. The lowest BCUT2D eigenvalue weighted by atomic mass is 9.75. The summed E-state index contributed by atoms with van der Waals surface area (Å²) in [6.45, 7) is 6.48. The van der Waals surface area contributed by atoms with Gasteiger partial charge in [0.25, 0.3) is 0 Å². The summed E-state index contributed by atoms with van der Waals surface area (Å²) in [5.74, 6) is -0.594. The minimum absolute atomic E-state index is 0.138. The summed E-state index contributed by atoms with van der Waals surface area (Å²) in [6.07, 6.45) is 14.2. The van der Waals surface area contributed by atoms with Crippen LogP contribution in [-0.2, 0) is 9.53 Å². The molecule has 0 saturated heterocycles. The van der Waals surface area contributed by atoms with Crippen molar-refractivity contribution in [3.63, 3.8) is 0 Å². The number of esters is 1. The van der Waals surface area contributed by atoms with Gasteiger partial charge in [-0.3, -0.25) is 4.79 Å². The predicted molar refractivity (Wildman–Crippen MR) is 121 cm³/mol. The SMILES string of the molecule is CCCCCCCCC(C)(O)[C@@H]1[C@@H](O)CC(O)[C@@H]1CC=CCCCC(=O)OCCC. The molecular formula is C25H46O5. The highest BCUT2D eigenvalue weighted by Gasteiger charge is 2.49. The normalized spacial score (nSPS) is 26.2. The number of aliphatic hydroxyl groups excluding tert-OH is 2. The molecule has 3 N–H and O–H groups in total. The molecule has 0 heterocycles.